The van der Waals surface area contributed by atoms with Crippen LogP contribution in [-0.2, 0) is 14.8 Å². The zero-order valence-electron chi connectivity index (χ0n) is 17.8. The van der Waals surface area contributed by atoms with Crippen LogP contribution in [0.4, 0.5) is 0 Å². The SMILES string of the molecule is CCCCOc1ccc(S(=O)(=O)N(CCN2CCCC2)[C@H](C)CSC(C)=O)cc1. The highest BCUT2D eigenvalue weighted by Crippen LogP contribution is 2.23. The molecular formula is C21H34N2O4S2. The van der Waals surface area contributed by atoms with Crippen molar-refractivity contribution in [3.8, 4) is 5.75 Å². The number of nitrogens with zero attached hydrogens (tertiary/aromatic N) is 2. The summed E-state index contributed by atoms with van der Waals surface area (Å²) in [6.45, 7) is 9.30. The first kappa shape index (κ1) is 24.2. The fraction of sp³-hybridized carbons (Fsp3) is 0.667. The molecule has 0 spiro atoms. The van der Waals surface area contributed by atoms with Gasteiger partial charge in [-0.25, -0.2) is 8.42 Å². The van der Waals surface area contributed by atoms with Crippen LogP contribution in [0.1, 0.15) is 46.5 Å². The van der Waals surface area contributed by atoms with Crippen LogP contribution in [0.25, 0.3) is 0 Å². The molecule has 1 atom stereocenters. The molecule has 1 heterocycles. The predicted octanol–water partition coefficient (Wildman–Crippen LogP) is 3.62. The van der Waals surface area contributed by atoms with Crippen molar-refractivity contribution in [2.75, 3.05) is 38.5 Å². The molecule has 0 saturated carbocycles. The number of benzene rings is 1. The first-order valence-electron chi connectivity index (χ1n) is 10.4. The number of hydrogen-bond donors (Lipinski definition) is 0. The maximum atomic E-state index is 13.4. The van der Waals surface area contributed by atoms with E-state index in [9.17, 15) is 13.2 Å². The molecular weight excluding hydrogens is 408 g/mol. The smallest absolute Gasteiger partial charge is 0.243 e. The molecule has 1 aliphatic rings. The van der Waals surface area contributed by atoms with Gasteiger partial charge in [0, 0.05) is 31.8 Å². The quantitative estimate of drug-likeness (QED) is 0.461. The Hall–Kier alpha value is -1.09. The van der Waals surface area contributed by atoms with E-state index < -0.39 is 10.0 Å². The molecule has 8 heteroatoms. The molecule has 1 aromatic rings. The predicted molar refractivity (Wildman–Crippen MR) is 119 cm³/mol. The van der Waals surface area contributed by atoms with Crippen LogP contribution < -0.4 is 4.74 Å². The number of carbonyl (C=O) groups is 1. The molecule has 1 aliphatic heterocycles. The first-order valence-corrected chi connectivity index (χ1v) is 12.9. The molecule has 1 aromatic carbocycles. The summed E-state index contributed by atoms with van der Waals surface area (Å²) in [4.78, 5) is 13.9. The van der Waals surface area contributed by atoms with Crippen LogP contribution in [0.5, 0.6) is 5.75 Å². The van der Waals surface area contributed by atoms with Gasteiger partial charge < -0.3 is 9.64 Å². The summed E-state index contributed by atoms with van der Waals surface area (Å²) < 4.78 is 33.9. The molecule has 2 rings (SSSR count). The third-order valence-electron chi connectivity index (χ3n) is 5.05. The summed E-state index contributed by atoms with van der Waals surface area (Å²) >= 11 is 1.17. The Morgan fingerprint density at radius 3 is 2.48 bits per heavy atom. The molecule has 0 N–H and O–H groups in total. The third-order valence-corrected chi connectivity index (χ3v) is 8.14. The van der Waals surface area contributed by atoms with E-state index in [2.05, 4.69) is 11.8 Å². The lowest BCUT2D eigenvalue weighted by molar-refractivity contribution is -0.109. The molecule has 0 unspecified atom stereocenters. The Morgan fingerprint density at radius 2 is 1.90 bits per heavy atom. The fourth-order valence-electron chi connectivity index (χ4n) is 3.32. The van der Waals surface area contributed by atoms with Crippen LogP contribution in [0.3, 0.4) is 0 Å². The maximum absolute atomic E-state index is 13.4. The third kappa shape index (κ3) is 7.59. The Labute approximate surface area is 180 Å². The Kier molecular flexibility index (Phi) is 9.95. The number of carbonyl (C=O) groups excluding carboxylic acids is 1. The average molecular weight is 443 g/mol. The second-order valence-electron chi connectivity index (χ2n) is 7.49. The Bertz CT molecular complexity index is 732. The van der Waals surface area contributed by atoms with Gasteiger partial charge in [0.05, 0.1) is 11.5 Å². The topological polar surface area (TPSA) is 66.9 Å². The van der Waals surface area contributed by atoms with Crippen molar-refractivity contribution < 1.29 is 17.9 Å². The van der Waals surface area contributed by atoms with Crippen molar-refractivity contribution in [3.05, 3.63) is 24.3 Å². The highest BCUT2D eigenvalue weighted by atomic mass is 32.2. The number of hydrogen-bond acceptors (Lipinski definition) is 6. The lowest BCUT2D eigenvalue weighted by Gasteiger charge is -2.30. The van der Waals surface area contributed by atoms with Gasteiger partial charge in [-0.1, -0.05) is 25.1 Å². The van der Waals surface area contributed by atoms with Gasteiger partial charge in [-0.3, -0.25) is 4.79 Å². The molecule has 29 heavy (non-hydrogen) atoms. The van der Waals surface area contributed by atoms with Crippen molar-refractivity contribution in [1.82, 2.24) is 9.21 Å². The lowest BCUT2D eigenvalue weighted by Crippen LogP contribution is -2.44. The highest BCUT2D eigenvalue weighted by molar-refractivity contribution is 8.13. The van der Waals surface area contributed by atoms with Gasteiger partial charge in [0.15, 0.2) is 5.12 Å². The van der Waals surface area contributed by atoms with Crippen molar-refractivity contribution in [1.29, 1.82) is 0 Å². The van der Waals surface area contributed by atoms with Gasteiger partial charge in [-0.2, -0.15) is 4.31 Å². The van der Waals surface area contributed by atoms with Gasteiger partial charge in [0.2, 0.25) is 10.0 Å². The molecule has 0 amide bonds. The van der Waals surface area contributed by atoms with Crippen LogP contribution in [0.2, 0.25) is 0 Å². The second-order valence-corrected chi connectivity index (χ2v) is 10.6. The van der Waals surface area contributed by atoms with Crippen molar-refractivity contribution in [2.24, 2.45) is 0 Å². The zero-order chi connectivity index (χ0) is 21.3. The van der Waals surface area contributed by atoms with E-state index in [0.29, 0.717) is 31.2 Å². The highest BCUT2D eigenvalue weighted by Gasteiger charge is 2.30. The van der Waals surface area contributed by atoms with Gasteiger partial charge in [-0.15, -0.1) is 0 Å². The lowest BCUT2D eigenvalue weighted by atomic mass is 10.3. The van der Waals surface area contributed by atoms with Crippen molar-refractivity contribution in [3.63, 3.8) is 0 Å². The van der Waals surface area contributed by atoms with E-state index in [1.807, 2.05) is 6.92 Å². The molecule has 6 nitrogen and oxygen atoms in total. The summed E-state index contributed by atoms with van der Waals surface area (Å²) in [5.41, 5.74) is 0. The Morgan fingerprint density at radius 1 is 1.24 bits per heavy atom. The summed E-state index contributed by atoms with van der Waals surface area (Å²) in [6.07, 6.45) is 4.36. The molecule has 0 aromatic heterocycles. The van der Waals surface area contributed by atoms with E-state index in [1.165, 1.54) is 31.5 Å². The number of ether oxygens (including phenoxy) is 1. The minimum Gasteiger partial charge on any atom is -0.494 e. The van der Waals surface area contributed by atoms with Crippen molar-refractivity contribution >= 4 is 26.9 Å². The van der Waals surface area contributed by atoms with E-state index in [-0.39, 0.29) is 16.1 Å². The number of unbranched alkanes of at least 4 members (excludes halogenated alkanes) is 1. The van der Waals surface area contributed by atoms with Gasteiger partial charge in [0.25, 0.3) is 0 Å². The summed E-state index contributed by atoms with van der Waals surface area (Å²) in [6, 6.07) is 6.40. The average Bonchev–Trinajstić information content (AvgIpc) is 3.20. The summed E-state index contributed by atoms with van der Waals surface area (Å²) in [7, 11) is -3.66. The largest absolute Gasteiger partial charge is 0.494 e. The van der Waals surface area contributed by atoms with E-state index in [0.717, 1.165) is 25.9 Å². The monoisotopic (exact) mass is 442 g/mol. The minimum absolute atomic E-state index is 0.00215. The maximum Gasteiger partial charge on any atom is 0.243 e. The van der Waals surface area contributed by atoms with Crippen LogP contribution in [0.15, 0.2) is 29.2 Å². The number of likely N-dealkylation sites (tertiary alicyclic amines) is 1. The number of sulfonamides is 1. The molecule has 1 saturated heterocycles. The van der Waals surface area contributed by atoms with Crippen molar-refractivity contribution in [2.45, 2.75) is 57.4 Å². The Balaban J connectivity index is 2.13. The van der Waals surface area contributed by atoms with Crippen LogP contribution >= 0.6 is 11.8 Å². The molecule has 0 aliphatic carbocycles. The second kappa shape index (κ2) is 11.9. The standard InChI is InChI=1S/C21H34N2O4S2/c1-4-5-16-27-20-8-10-21(11-9-20)29(25,26)23(18(2)17-28-19(3)24)15-14-22-12-6-7-13-22/h8-11,18H,4-7,12-17H2,1-3H3/t18-/m1/s1. The van der Waals surface area contributed by atoms with E-state index >= 15 is 0 Å². The molecule has 0 bridgehead atoms. The molecule has 1 fully saturated rings. The van der Waals surface area contributed by atoms with Crippen LogP contribution in [-0.4, -0.2) is 67.3 Å². The number of rotatable bonds is 12. The molecule has 164 valence electrons. The first-order chi connectivity index (χ1) is 13.8. The normalized spacial score (nSPS) is 16.3. The van der Waals surface area contributed by atoms with Gasteiger partial charge in [-0.05, 0) is 63.5 Å². The van der Waals surface area contributed by atoms with E-state index in [4.69, 9.17) is 4.74 Å². The summed E-state index contributed by atoms with van der Waals surface area (Å²) in [5, 5.41) is 0.00215. The fourth-order valence-corrected chi connectivity index (χ4v) is 5.69. The van der Waals surface area contributed by atoms with Gasteiger partial charge >= 0.3 is 0 Å². The zero-order valence-corrected chi connectivity index (χ0v) is 19.4. The summed E-state index contributed by atoms with van der Waals surface area (Å²) in [5.74, 6) is 1.13. The minimum atomic E-state index is -3.66. The van der Waals surface area contributed by atoms with E-state index in [1.54, 1.807) is 28.6 Å². The van der Waals surface area contributed by atoms with Crippen LogP contribution in [0, 0.1) is 0 Å². The van der Waals surface area contributed by atoms with Gasteiger partial charge in [0.1, 0.15) is 5.75 Å². The molecule has 0 radical (unpaired) electrons. The number of thioether (sulfide) groups is 1.